The third-order valence-electron chi connectivity index (χ3n) is 16.6. The number of allylic oxidation sites excluding steroid dienone is 2. The smallest absolute Gasteiger partial charge is 0.317 e. The Kier molecular flexibility index (Phi) is 17.8. The topological polar surface area (TPSA) is 368 Å². The fraction of sp³-hybridized carbons (Fsp3) is 0.851. The first-order valence-electron chi connectivity index (χ1n) is 24.0. The molecule has 400 valence electrons. The standard InChI is InChI=1S/C47H74O23/c1-21-15-47-13-8-28-44(4,10-7-11-45(28,5)43(62)70-42(39(60)61)67-27(22(2)50)19-64-31(54)14-30(52)53)29(47)9-12-46(21,20-47)16-24-37(68-40(63-6)32(55)23(3)51)38(34(57)26(18-49)65-24)69-41-36(59)35(58)33(56)25(17-48)66-41/h22,24-29,33-42,48-51,55-61H,1,7-20H2,2-6H3,(H,52,53)/b32-23+/t22-,24?,25?,26?,27?,28-,29-,33?,34?,35?,36?,37?,38?,40+,41?,42?,44+,45+,46-,47+/m0/s1. The van der Waals surface area contributed by atoms with E-state index in [0.717, 1.165) is 12.0 Å². The molecule has 6 fully saturated rings. The molecule has 0 aromatic rings. The molecule has 0 radical (unpaired) electrons. The van der Waals surface area contributed by atoms with Crippen molar-refractivity contribution < 1.29 is 114 Å². The van der Waals surface area contributed by atoms with Crippen molar-refractivity contribution >= 4 is 17.9 Å². The molecule has 12 N–H and O–H groups in total. The Hall–Kier alpha value is -3.11. The van der Waals surface area contributed by atoms with Crippen LogP contribution in [0, 0.1) is 33.5 Å². The van der Waals surface area contributed by atoms with Gasteiger partial charge in [-0.1, -0.05) is 25.5 Å². The summed E-state index contributed by atoms with van der Waals surface area (Å²) in [5.74, 6) is -4.75. The van der Waals surface area contributed by atoms with Crippen molar-refractivity contribution in [3.8, 4) is 0 Å². The van der Waals surface area contributed by atoms with Crippen LogP contribution in [0.4, 0.5) is 0 Å². The number of fused-ring (bicyclic) bond motifs is 3. The number of aliphatic hydroxyl groups is 11. The Morgan fingerprint density at radius 3 is 2.10 bits per heavy atom. The van der Waals surface area contributed by atoms with E-state index in [1.165, 1.54) is 21.0 Å². The fourth-order valence-corrected chi connectivity index (χ4v) is 13.2. The second kappa shape index (κ2) is 22.2. The van der Waals surface area contributed by atoms with E-state index in [-0.39, 0.29) is 23.7 Å². The number of hydrogen-bond donors (Lipinski definition) is 12. The number of rotatable bonds is 20. The van der Waals surface area contributed by atoms with Gasteiger partial charge in [-0.05, 0) is 107 Å². The quantitative estimate of drug-likeness (QED) is 0.0245. The number of methoxy groups -OCH3 is 1. The van der Waals surface area contributed by atoms with Crippen LogP contribution >= 0.6 is 0 Å². The molecule has 6 aliphatic rings. The molecule has 4 saturated carbocycles. The van der Waals surface area contributed by atoms with Gasteiger partial charge in [-0.25, -0.2) is 0 Å². The van der Waals surface area contributed by atoms with Crippen molar-refractivity contribution in [1.82, 2.24) is 0 Å². The zero-order valence-electron chi connectivity index (χ0n) is 40.3. The number of carbonyl (C=O) groups is 3. The molecule has 12 unspecified atom stereocenters. The molecule has 1 spiro atoms. The van der Waals surface area contributed by atoms with E-state index in [2.05, 4.69) is 13.5 Å². The first kappa shape index (κ1) is 56.2. The number of ether oxygens (including phenoxy) is 8. The highest BCUT2D eigenvalue weighted by atomic mass is 16.7. The summed E-state index contributed by atoms with van der Waals surface area (Å²) >= 11 is 0. The lowest BCUT2D eigenvalue weighted by Crippen LogP contribution is -2.65. The fourth-order valence-electron chi connectivity index (χ4n) is 13.2. The Morgan fingerprint density at radius 2 is 1.50 bits per heavy atom. The summed E-state index contributed by atoms with van der Waals surface area (Å²) in [6, 6.07) is 0. The highest BCUT2D eigenvalue weighted by molar-refractivity contribution is 5.90. The number of aliphatic carboxylic acids is 1. The largest absolute Gasteiger partial charge is 0.509 e. The van der Waals surface area contributed by atoms with E-state index in [0.29, 0.717) is 51.4 Å². The van der Waals surface area contributed by atoms with Crippen LogP contribution in [-0.4, -0.2) is 198 Å². The van der Waals surface area contributed by atoms with Crippen LogP contribution < -0.4 is 0 Å². The lowest BCUT2D eigenvalue weighted by Gasteiger charge is -2.64. The van der Waals surface area contributed by atoms with Crippen molar-refractivity contribution in [2.75, 3.05) is 26.9 Å². The number of aliphatic hydroxyl groups excluding tert-OH is 10. The molecule has 2 bridgehead atoms. The average molecular weight is 1010 g/mol. The summed E-state index contributed by atoms with van der Waals surface area (Å²) in [6.07, 6.45) is -19.6. The van der Waals surface area contributed by atoms with Gasteiger partial charge in [0.05, 0.1) is 30.8 Å². The molecular formula is C47H74O23. The second-order valence-electron chi connectivity index (χ2n) is 20.9. The van der Waals surface area contributed by atoms with Crippen LogP contribution in [0.1, 0.15) is 98.3 Å². The van der Waals surface area contributed by atoms with Crippen LogP contribution in [-0.2, 0) is 52.3 Å². The van der Waals surface area contributed by atoms with Crippen LogP contribution in [0.5, 0.6) is 0 Å². The van der Waals surface area contributed by atoms with Gasteiger partial charge >= 0.3 is 17.9 Å². The minimum Gasteiger partial charge on any atom is -0.509 e. The van der Waals surface area contributed by atoms with Gasteiger partial charge in [0.1, 0.15) is 73.7 Å². The molecule has 2 heterocycles. The lowest BCUT2D eigenvalue weighted by atomic mass is 9.40. The van der Waals surface area contributed by atoms with Crippen LogP contribution in [0.3, 0.4) is 0 Å². The summed E-state index contributed by atoms with van der Waals surface area (Å²) in [5, 5.41) is 125. The monoisotopic (exact) mass is 1010 g/mol. The molecule has 23 heteroatoms. The lowest BCUT2D eigenvalue weighted by molar-refractivity contribution is -0.353. The van der Waals surface area contributed by atoms with Crippen molar-refractivity contribution in [3.63, 3.8) is 0 Å². The summed E-state index contributed by atoms with van der Waals surface area (Å²) in [7, 11) is 1.20. The van der Waals surface area contributed by atoms with E-state index < -0.39 is 164 Å². The molecular weight excluding hydrogens is 932 g/mol. The van der Waals surface area contributed by atoms with E-state index >= 15 is 0 Å². The Labute approximate surface area is 405 Å². The van der Waals surface area contributed by atoms with Gasteiger partial charge in [-0.3, -0.25) is 14.4 Å². The van der Waals surface area contributed by atoms with Crippen molar-refractivity contribution in [2.45, 2.75) is 191 Å². The van der Waals surface area contributed by atoms with Crippen LogP contribution in [0.2, 0.25) is 0 Å². The third kappa shape index (κ3) is 10.9. The summed E-state index contributed by atoms with van der Waals surface area (Å²) in [6.45, 7) is 8.92. The number of hydrogen-bond acceptors (Lipinski definition) is 22. The maximum Gasteiger partial charge on any atom is 0.317 e. The number of esters is 2. The molecule has 4 aliphatic carbocycles. The van der Waals surface area contributed by atoms with Crippen LogP contribution in [0.15, 0.2) is 23.7 Å². The maximum absolute atomic E-state index is 14.4. The van der Waals surface area contributed by atoms with Gasteiger partial charge in [0.2, 0.25) is 12.6 Å². The molecule has 20 atom stereocenters. The first-order chi connectivity index (χ1) is 32.8. The summed E-state index contributed by atoms with van der Waals surface area (Å²) in [5.41, 5.74) is -1.58. The SMILES string of the molecule is C=C1C[C@@]23CC[C@H]4[C@@](C)(CCC[C@@]4(C)C(=O)OC(OC(COC(=O)CC(=O)O)[C@H](C)O)C(O)O)[C@@H]2CC[C@]1(CC1OC(CO)C(O)C(OC2OC(CO)C(O)C(O)C2O)C1O[C@@H](OC)/C(O)=C(/C)O)C3. The van der Waals surface area contributed by atoms with Gasteiger partial charge in [0.25, 0.3) is 6.29 Å². The van der Waals surface area contributed by atoms with Crippen LogP contribution in [0.25, 0.3) is 0 Å². The molecule has 2 saturated heterocycles. The highest BCUT2D eigenvalue weighted by Crippen LogP contribution is 2.75. The summed E-state index contributed by atoms with van der Waals surface area (Å²) in [4.78, 5) is 37.2. The molecule has 23 nitrogen and oxygen atoms in total. The molecule has 70 heavy (non-hydrogen) atoms. The zero-order valence-corrected chi connectivity index (χ0v) is 40.3. The minimum absolute atomic E-state index is 0.0650. The van der Waals surface area contributed by atoms with Gasteiger partial charge in [0, 0.05) is 7.11 Å². The molecule has 0 aromatic carbocycles. The van der Waals surface area contributed by atoms with Gasteiger partial charge in [-0.15, -0.1) is 0 Å². The number of carboxylic acid groups (broad SMARTS) is 1. The Morgan fingerprint density at radius 1 is 0.843 bits per heavy atom. The van der Waals surface area contributed by atoms with Gasteiger partial charge in [-0.2, -0.15) is 0 Å². The summed E-state index contributed by atoms with van der Waals surface area (Å²) < 4.78 is 46.2. The zero-order chi connectivity index (χ0) is 51.8. The van der Waals surface area contributed by atoms with Gasteiger partial charge < -0.3 is 99.2 Å². The van der Waals surface area contributed by atoms with E-state index in [1.54, 1.807) is 6.92 Å². The normalized spacial score (nSPS) is 41.6. The van der Waals surface area contributed by atoms with E-state index in [9.17, 15) is 70.6 Å². The highest BCUT2D eigenvalue weighted by Gasteiger charge is 2.69. The maximum atomic E-state index is 14.4. The molecule has 6 rings (SSSR count). The Balaban J connectivity index is 1.25. The predicted molar refractivity (Wildman–Crippen MR) is 235 cm³/mol. The van der Waals surface area contributed by atoms with Crippen molar-refractivity contribution in [2.24, 2.45) is 33.5 Å². The molecule has 2 aliphatic heterocycles. The van der Waals surface area contributed by atoms with Crippen molar-refractivity contribution in [3.05, 3.63) is 23.7 Å². The molecule has 0 amide bonds. The minimum atomic E-state index is -2.37. The molecule has 0 aromatic heterocycles. The first-order valence-corrected chi connectivity index (χ1v) is 24.0. The van der Waals surface area contributed by atoms with Crippen molar-refractivity contribution in [1.29, 1.82) is 0 Å². The average Bonchev–Trinajstić information content (AvgIpc) is 3.49. The van der Waals surface area contributed by atoms with E-state index in [1.807, 2.05) is 0 Å². The number of carbonyl (C=O) groups excluding carboxylic acids is 2. The van der Waals surface area contributed by atoms with E-state index in [4.69, 9.17) is 43.0 Å². The second-order valence-corrected chi connectivity index (χ2v) is 20.9. The third-order valence-corrected chi connectivity index (χ3v) is 16.6. The predicted octanol–water partition coefficient (Wildman–Crippen LogP) is -0.309. The van der Waals surface area contributed by atoms with Gasteiger partial charge in [0.15, 0.2) is 12.0 Å². The Bertz CT molecular complexity index is 1890. The number of carboxylic acids is 1.